The fraction of sp³-hybridized carbons (Fsp3) is 0.571. The molecule has 4 heteroatoms. The second kappa shape index (κ2) is 3.39. The van der Waals surface area contributed by atoms with Crippen LogP contribution in [0.4, 0.5) is 5.69 Å². The van der Waals surface area contributed by atoms with Gasteiger partial charge in [0.2, 0.25) is 0 Å². The van der Waals surface area contributed by atoms with Gasteiger partial charge in [-0.05, 0) is 6.42 Å². The summed E-state index contributed by atoms with van der Waals surface area (Å²) in [6.07, 6.45) is 1.97. The monoisotopic (exact) mass is 154 g/mol. The van der Waals surface area contributed by atoms with Crippen LogP contribution in [0.25, 0.3) is 0 Å². The van der Waals surface area contributed by atoms with Crippen molar-refractivity contribution in [3.8, 4) is 0 Å². The molecular formula is C7H14N4. The van der Waals surface area contributed by atoms with Gasteiger partial charge in [-0.15, -0.1) is 0 Å². The fourth-order valence-corrected chi connectivity index (χ4v) is 1.01. The van der Waals surface area contributed by atoms with Crippen LogP contribution in [0.3, 0.4) is 0 Å². The summed E-state index contributed by atoms with van der Waals surface area (Å²) >= 11 is 0. The van der Waals surface area contributed by atoms with Crippen LogP contribution in [-0.4, -0.2) is 10.2 Å². The van der Waals surface area contributed by atoms with Crippen molar-refractivity contribution in [1.82, 2.24) is 10.2 Å². The Bertz CT molecular complexity index is 228. The molecule has 0 unspecified atom stereocenters. The topological polar surface area (TPSA) is 80.7 Å². The lowest BCUT2D eigenvalue weighted by Crippen LogP contribution is -2.01. The van der Waals surface area contributed by atoms with Gasteiger partial charge < -0.3 is 11.5 Å². The van der Waals surface area contributed by atoms with Crippen LogP contribution in [-0.2, 0) is 13.0 Å². The van der Waals surface area contributed by atoms with Crippen molar-refractivity contribution >= 4 is 5.69 Å². The molecule has 0 saturated carbocycles. The lowest BCUT2D eigenvalue weighted by Gasteiger charge is -1.94. The summed E-state index contributed by atoms with van der Waals surface area (Å²) < 4.78 is 0. The van der Waals surface area contributed by atoms with E-state index >= 15 is 0 Å². The van der Waals surface area contributed by atoms with Crippen LogP contribution in [0, 0.1) is 0 Å². The van der Waals surface area contributed by atoms with Crippen LogP contribution in [0.15, 0.2) is 0 Å². The van der Waals surface area contributed by atoms with E-state index in [9.17, 15) is 0 Å². The molecule has 1 aromatic rings. The van der Waals surface area contributed by atoms with Gasteiger partial charge >= 0.3 is 0 Å². The molecule has 0 aliphatic heterocycles. The van der Waals surface area contributed by atoms with Gasteiger partial charge in [-0.1, -0.05) is 13.3 Å². The van der Waals surface area contributed by atoms with Gasteiger partial charge in [0.25, 0.3) is 0 Å². The van der Waals surface area contributed by atoms with Gasteiger partial charge in [0.05, 0.1) is 17.1 Å². The van der Waals surface area contributed by atoms with E-state index in [1.807, 2.05) is 0 Å². The Kier molecular flexibility index (Phi) is 2.48. The first-order valence-electron chi connectivity index (χ1n) is 3.81. The van der Waals surface area contributed by atoms with Gasteiger partial charge in [-0.2, -0.15) is 5.10 Å². The normalized spacial score (nSPS) is 10.4. The third kappa shape index (κ3) is 1.51. The van der Waals surface area contributed by atoms with Crippen LogP contribution < -0.4 is 11.5 Å². The highest BCUT2D eigenvalue weighted by molar-refractivity contribution is 5.47. The summed E-state index contributed by atoms with van der Waals surface area (Å²) in [6.45, 7) is 2.53. The van der Waals surface area contributed by atoms with E-state index in [-0.39, 0.29) is 0 Å². The smallest absolute Gasteiger partial charge is 0.0854 e. The number of nitrogens with one attached hydrogen (secondary N) is 1. The Labute approximate surface area is 66.0 Å². The number of aryl methyl sites for hydroxylation is 1. The summed E-state index contributed by atoms with van der Waals surface area (Å²) in [5.41, 5.74) is 13.6. The van der Waals surface area contributed by atoms with Gasteiger partial charge in [-0.3, -0.25) is 5.10 Å². The lowest BCUT2D eigenvalue weighted by atomic mass is 10.2. The summed E-state index contributed by atoms with van der Waals surface area (Å²) in [4.78, 5) is 0. The molecule has 62 valence electrons. The number of rotatable bonds is 3. The Morgan fingerprint density at radius 1 is 1.55 bits per heavy atom. The highest BCUT2D eigenvalue weighted by Gasteiger charge is 2.06. The molecule has 0 amide bonds. The Hall–Kier alpha value is -1.03. The molecule has 4 nitrogen and oxygen atoms in total. The Morgan fingerprint density at radius 2 is 2.27 bits per heavy atom. The minimum atomic E-state index is 0.433. The van der Waals surface area contributed by atoms with E-state index in [2.05, 4.69) is 17.1 Å². The largest absolute Gasteiger partial charge is 0.396 e. The van der Waals surface area contributed by atoms with Gasteiger partial charge in [0, 0.05) is 6.54 Å². The van der Waals surface area contributed by atoms with Crippen LogP contribution >= 0.6 is 0 Å². The summed E-state index contributed by atoms with van der Waals surface area (Å²) in [5.74, 6) is 0. The predicted molar refractivity (Wildman–Crippen MR) is 44.9 cm³/mol. The zero-order valence-electron chi connectivity index (χ0n) is 6.72. The van der Waals surface area contributed by atoms with Gasteiger partial charge in [0.1, 0.15) is 0 Å². The first-order valence-corrected chi connectivity index (χ1v) is 3.81. The molecule has 1 heterocycles. The molecule has 0 aromatic carbocycles. The molecule has 0 aliphatic rings. The highest BCUT2D eigenvalue weighted by atomic mass is 15.1. The van der Waals surface area contributed by atoms with Crippen molar-refractivity contribution in [1.29, 1.82) is 0 Å². The lowest BCUT2D eigenvalue weighted by molar-refractivity contribution is 0.860. The number of aromatic amines is 1. The maximum Gasteiger partial charge on any atom is 0.0854 e. The third-order valence-corrected chi connectivity index (χ3v) is 1.65. The maximum absolute atomic E-state index is 5.73. The zero-order valence-corrected chi connectivity index (χ0v) is 6.72. The van der Waals surface area contributed by atoms with E-state index in [1.165, 1.54) is 0 Å². The first-order chi connectivity index (χ1) is 5.29. The molecule has 0 fully saturated rings. The predicted octanol–water partition coefficient (Wildman–Crippen LogP) is 0.403. The van der Waals surface area contributed by atoms with Crippen molar-refractivity contribution < 1.29 is 0 Å². The number of hydrogen-bond donors (Lipinski definition) is 3. The summed E-state index contributed by atoms with van der Waals surface area (Å²) in [5, 5.41) is 6.85. The standard InChI is InChI=1S/C7H14N4/c1-2-3-5-7(9)6(4-8)11-10-5/h2-4,8-9H2,1H3,(H,10,11). The molecule has 0 saturated heterocycles. The van der Waals surface area contributed by atoms with E-state index < -0.39 is 0 Å². The Balaban J connectivity index is 2.82. The second-order valence-electron chi connectivity index (χ2n) is 2.52. The molecule has 11 heavy (non-hydrogen) atoms. The fourth-order valence-electron chi connectivity index (χ4n) is 1.01. The van der Waals surface area contributed by atoms with Gasteiger partial charge in [-0.25, -0.2) is 0 Å². The average Bonchev–Trinajstić information content (AvgIpc) is 2.34. The second-order valence-corrected chi connectivity index (χ2v) is 2.52. The van der Waals surface area contributed by atoms with Gasteiger partial charge in [0.15, 0.2) is 0 Å². The number of nitrogens with two attached hydrogens (primary N) is 2. The zero-order chi connectivity index (χ0) is 8.27. The van der Waals surface area contributed by atoms with Crippen LogP contribution in [0.2, 0.25) is 0 Å². The van der Waals surface area contributed by atoms with Crippen molar-refractivity contribution in [2.45, 2.75) is 26.3 Å². The van der Waals surface area contributed by atoms with Crippen molar-refractivity contribution in [3.63, 3.8) is 0 Å². The van der Waals surface area contributed by atoms with E-state index in [0.29, 0.717) is 6.54 Å². The molecule has 1 aromatic heterocycles. The number of H-pyrrole nitrogens is 1. The van der Waals surface area contributed by atoms with E-state index in [1.54, 1.807) is 0 Å². The number of hydrogen-bond acceptors (Lipinski definition) is 3. The van der Waals surface area contributed by atoms with Crippen molar-refractivity contribution in [2.24, 2.45) is 5.73 Å². The van der Waals surface area contributed by atoms with Crippen LogP contribution in [0.5, 0.6) is 0 Å². The minimum Gasteiger partial charge on any atom is -0.396 e. The minimum absolute atomic E-state index is 0.433. The number of aromatic nitrogens is 2. The molecular weight excluding hydrogens is 140 g/mol. The summed E-state index contributed by atoms with van der Waals surface area (Å²) in [7, 11) is 0. The molecule has 0 bridgehead atoms. The van der Waals surface area contributed by atoms with Crippen molar-refractivity contribution in [3.05, 3.63) is 11.4 Å². The van der Waals surface area contributed by atoms with E-state index in [0.717, 1.165) is 29.9 Å². The molecule has 0 aliphatic carbocycles. The quantitative estimate of drug-likeness (QED) is 0.589. The first kappa shape index (κ1) is 8.07. The highest BCUT2D eigenvalue weighted by Crippen LogP contribution is 2.14. The number of nitrogens with zero attached hydrogens (tertiary/aromatic N) is 1. The molecule has 0 spiro atoms. The number of anilines is 1. The molecule has 0 radical (unpaired) electrons. The molecule has 5 N–H and O–H groups in total. The SMILES string of the molecule is CCCc1n[nH]c(CN)c1N. The molecule has 1 rings (SSSR count). The Morgan fingerprint density at radius 3 is 2.73 bits per heavy atom. The third-order valence-electron chi connectivity index (χ3n) is 1.65. The van der Waals surface area contributed by atoms with E-state index in [4.69, 9.17) is 11.5 Å². The maximum atomic E-state index is 5.73. The number of nitrogen functional groups attached to an aromatic ring is 1. The van der Waals surface area contributed by atoms with Crippen molar-refractivity contribution in [2.75, 3.05) is 5.73 Å². The summed E-state index contributed by atoms with van der Waals surface area (Å²) in [6, 6.07) is 0. The average molecular weight is 154 g/mol. The molecule has 0 atom stereocenters. The van der Waals surface area contributed by atoms with Crippen LogP contribution in [0.1, 0.15) is 24.7 Å².